The number of rotatable bonds is 2. The molecule has 14 heavy (non-hydrogen) atoms. The predicted molar refractivity (Wildman–Crippen MR) is 40.5 cm³/mol. The van der Waals surface area contributed by atoms with Gasteiger partial charge < -0.3 is 4.74 Å². The number of halogens is 2. The van der Waals surface area contributed by atoms with E-state index in [4.69, 9.17) is 0 Å². The van der Waals surface area contributed by atoms with E-state index in [-0.39, 0.29) is 0 Å². The zero-order valence-corrected chi connectivity index (χ0v) is 7.08. The average Bonchev–Trinajstić information content (AvgIpc) is 2.15. The molecular weight excluding hydrogens is 196 g/mol. The van der Waals surface area contributed by atoms with Gasteiger partial charge in [-0.25, -0.2) is 4.79 Å². The first-order chi connectivity index (χ1) is 6.56. The summed E-state index contributed by atoms with van der Waals surface area (Å²) < 4.78 is 29.2. The number of aromatic nitrogens is 1. The molecule has 0 fully saturated rings. The third kappa shape index (κ3) is 1.90. The van der Waals surface area contributed by atoms with Crippen LogP contribution in [0.4, 0.5) is 8.78 Å². The van der Waals surface area contributed by atoms with Crippen molar-refractivity contribution >= 4 is 11.8 Å². The minimum atomic E-state index is -1.33. The first-order valence-corrected chi connectivity index (χ1v) is 3.51. The van der Waals surface area contributed by atoms with E-state index in [9.17, 15) is 18.4 Å². The average molecular weight is 201 g/mol. The highest BCUT2D eigenvalue weighted by Gasteiger charge is 2.21. The number of Topliss-reactive ketones (excluding diaryl/α,β-unsaturated/α-hetero) is 1. The summed E-state index contributed by atoms with van der Waals surface area (Å²) in [6.45, 7) is 0. The van der Waals surface area contributed by atoms with Crippen LogP contribution in [-0.2, 0) is 9.53 Å². The van der Waals surface area contributed by atoms with Crippen LogP contribution in [0.2, 0.25) is 0 Å². The van der Waals surface area contributed by atoms with E-state index in [0.29, 0.717) is 0 Å². The molecule has 0 aliphatic heterocycles. The molecule has 4 nitrogen and oxygen atoms in total. The van der Waals surface area contributed by atoms with E-state index >= 15 is 0 Å². The summed E-state index contributed by atoms with van der Waals surface area (Å²) in [6, 6.07) is 1.61. The lowest BCUT2D eigenvalue weighted by atomic mass is 10.2. The molecule has 0 bridgehead atoms. The number of nitrogens with zero attached hydrogens (tertiary/aromatic N) is 1. The Morgan fingerprint density at radius 1 is 1.36 bits per heavy atom. The Morgan fingerprint density at radius 2 is 2.00 bits per heavy atom. The third-order valence-corrected chi connectivity index (χ3v) is 1.43. The number of carbonyl (C=O) groups is 2. The Kier molecular flexibility index (Phi) is 2.85. The fraction of sp³-hybridized carbons (Fsp3) is 0.125. The summed E-state index contributed by atoms with van der Waals surface area (Å²) in [5.74, 6) is -4.82. The van der Waals surface area contributed by atoms with Crippen LogP contribution in [0.1, 0.15) is 10.4 Å². The van der Waals surface area contributed by atoms with Crippen molar-refractivity contribution in [1.29, 1.82) is 0 Å². The van der Waals surface area contributed by atoms with Gasteiger partial charge >= 0.3 is 5.97 Å². The van der Waals surface area contributed by atoms with E-state index in [1.807, 2.05) is 0 Å². The number of ketones is 1. The van der Waals surface area contributed by atoms with Crippen LogP contribution in [0.5, 0.6) is 0 Å². The number of hydrogen-bond acceptors (Lipinski definition) is 4. The van der Waals surface area contributed by atoms with E-state index in [1.54, 1.807) is 0 Å². The summed E-state index contributed by atoms with van der Waals surface area (Å²) >= 11 is 0. The number of carbonyl (C=O) groups excluding carboxylic acids is 2. The van der Waals surface area contributed by atoms with Gasteiger partial charge in [-0.15, -0.1) is 0 Å². The number of hydrogen-bond donors (Lipinski definition) is 0. The molecule has 0 amide bonds. The fourth-order valence-electron chi connectivity index (χ4n) is 0.784. The molecule has 1 aromatic rings. The second-order valence-electron chi connectivity index (χ2n) is 2.29. The lowest BCUT2D eigenvalue weighted by Gasteiger charge is -1.99. The predicted octanol–water partition coefficient (Wildman–Crippen LogP) is 0.716. The maximum atomic E-state index is 12.8. The van der Waals surface area contributed by atoms with Gasteiger partial charge in [0.05, 0.1) is 12.7 Å². The van der Waals surface area contributed by atoms with Gasteiger partial charge in [-0.05, 0) is 12.1 Å². The van der Waals surface area contributed by atoms with E-state index < -0.39 is 29.2 Å². The minimum absolute atomic E-state index is 0.613. The Balaban J connectivity index is 3.08. The molecule has 0 aliphatic carbocycles. The van der Waals surface area contributed by atoms with E-state index in [2.05, 4.69) is 9.72 Å². The number of ether oxygens (including phenoxy) is 1. The SMILES string of the molecule is COC(=O)C(=O)c1ccc(F)nc1F. The van der Waals surface area contributed by atoms with Crippen molar-refractivity contribution in [3.05, 3.63) is 29.6 Å². The molecule has 0 atom stereocenters. The maximum Gasteiger partial charge on any atom is 0.379 e. The normalized spacial score (nSPS) is 9.64. The second kappa shape index (κ2) is 3.91. The molecule has 0 saturated carbocycles. The van der Waals surface area contributed by atoms with Crippen LogP contribution in [0, 0.1) is 11.9 Å². The Morgan fingerprint density at radius 3 is 2.50 bits per heavy atom. The summed E-state index contributed by atoms with van der Waals surface area (Å²) in [7, 11) is 0.981. The van der Waals surface area contributed by atoms with Crippen molar-refractivity contribution in [3.63, 3.8) is 0 Å². The largest absolute Gasteiger partial charge is 0.463 e. The summed E-state index contributed by atoms with van der Waals surface area (Å²) in [6.07, 6.45) is 0. The number of esters is 1. The standard InChI is InChI=1S/C8H5F2NO3/c1-14-8(13)6(12)4-2-3-5(9)11-7(4)10/h2-3H,1H3. The van der Waals surface area contributed by atoms with Crippen LogP contribution in [0.3, 0.4) is 0 Å². The monoisotopic (exact) mass is 201 g/mol. The van der Waals surface area contributed by atoms with Crippen LogP contribution in [0.15, 0.2) is 12.1 Å². The van der Waals surface area contributed by atoms with Crippen LogP contribution in [0.25, 0.3) is 0 Å². The number of pyridine rings is 1. The van der Waals surface area contributed by atoms with Crippen LogP contribution < -0.4 is 0 Å². The second-order valence-corrected chi connectivity index (χ2v) is 2.29. The highest BCUT2D eigenvalue weighted by Crippen LogP contribution is 2.07. The molecule has 0 spiro atoms. The van der Waals surface area contributed by atoms with Gasteiger partial charge in [0.15, 0.2) is 0 Å². The van der Waals surface area contributed by atoms with Crippen molar-refractivity contribution in [3.8, 4) is 0 Å². The topological polar surface area (TPSA) is 56.3 Å². The maximum absolute atomic E-state index is 12.8. The minimum Gasteiger partial charge on any atom is -0.463 e. The third-order valence-electron chi connectivity index (χ3n) is 1.43. The quantitative estimate of drug-likeness (QED) is 0.306. The fourth-order valence-corrected chi connectivity index (χ4v) is 0.784. The summed E-state index contributed by atoms with van der Waals surface area (Å²) in [5.41, 5.74) is -0.613. The zero-order chi connectivity index (χ0) is 10.7. The van der Waals surface area contributed by atoms with Gasteiger partial charge in [0, 0.05) is 0 Å². The van der Waals surface area contributed by atoms with Gasteiger partial charge in [-0.1, -0.05) is 0 Å². The van der Waals surface area contributed by atoms with Crippen molar-refractivity contribution in [2.24, 2.45) is 0 Å². The van der Waals surface area contributed by atoms with Gasteiger partial charge in [0.25, 0.3) is 5.78 Å². The molecule has 6 heteroatoms. The van der Waals surface area contributed by atoms with Crippen LogP contribution in [-0.4, -0.2) is 23.8 Å². The molecule has 0 aromatic carbocycles. The van der Waals surface area contributed by atoms with E-state index in [1.165, 1.54) is 0 Å². The first-order valence-electron chi connectivity index (χ1n) is 3.51. The molecule has 0 saturated heterocycles. The molecule has 1 rings (SSSR count). The smallest absolute Gasteiger partial charge is 0.379 e. The molecule has 0 unspecified atom stereocenters. The molecule has 74 valence electrons. The van der Waals surface area contributed by atoms with Gasteiger partial charge in [0.2, 0.25) is 11.9 Å². The molecule has 0 N–H and O–H groups in total. The van der Waals surface area contributed by atoms with Crippen LogP contribution >= 0.6 is 0 Å². The highest BCUT2D eigenvalue weighted by molar-refractivity contribution is 6.40. The highest BCUT2D eigenvalue weighted by atomic mass is 19.1. The first kappa shape index (κ1) is 10.2. The lowest BCUT2D eigenvalue weighted by molar-refractivity contribution is -0.135. The molecule has 1 heterocycles. The Hall–Kier alpha value is -1.85. The Bertz CT molecular complexity index is 392. The van der Waals surface area contributed by atoms with Gasteiger partial charge in [-0.3, -0.25) is 4.79 Å². The zero-order valence-electron chi connectivity index (χ0n) is 7.08. The van der Waals surface area contributed by atoms with Crippen molar-refractivity contribution in [1.82, 2.24) is 4.98 Å². The molecule has 0 radical (unpaired) electrons. The van der Waals surface area contributed by atoms with Gasteiger partial charge in [0.1, 0.15) is 0 Å². The van der Waals surface area contributed by atoms with Crippen molar-refractivity contribution in [2.75, 3.05) is 7.11 Å². The lowest BCUT2D eigenvalue weighted by Crippen LogP contribution is -2.17. The Labute approximate surface area is 77.5 Å². The summed E-state index contributed by atoms with van der Waals surface area (Å²) in [4.78, 5) is 24.5. The number of methoxy groups -OCH3 is 1. The van der Waals surface area contributed by atoms with Gasteiger partial charge in [-0.2, -0.15) is 13.8 Å². The van der Waals surface area contributed by atoms with Crippen molar-refractivity contribution in [2.45, 2.75) is 0 Å². The van der Waals surface area contributed by atoms with E-state index in [0.717, 1.165) is 19.2 Å². The van der Waals surface area contributed by atoms with Crippen molar-refractivity contribution < 1.29 is 23.1 Å². The molecular formula is C8H5F2NO3. The molecule has 0 aliphatic rings. The summed E-state index contributed by atoms with van der Waals surface area (Å²) in [5, 5.41) is 0. The molecule has 1 aromatic heterocycles.